The smallest absolute Gasteiger partial charge is 0.160 e. The largest absolute Gasteiger partial charge is 0.312 e. The van der Waals surface area contributed by atoms with Crippen LogP contribution in [0.1, 0.15) is 17.9 Å². The van der Waals surface area contributed by atoms with Gasteiger partial charge in [-0.2, -0.15) is 0 Å². The van der Waals surface area contributed by atoms with Crippen LogP contribution in [0.3, 0.4) is 0 Å². The maximum atomic E-state index is 14.6. The van der Waals surface area contributed by atoms with E-state index in [1.54, 1.807) is 36.8 Å². The Kier molecular flexibility index (Phi) is 8.21. The molecule has 0 aliphatic carbocycles. The van der Waals surface area contributed by atoms with Crippen LogP contribution in [0.25, 0.3) is 33.4 Å². The SMILES string of the molecule is CN1CCN(CCCN=CC(C=N)c2cncc(-c3cc(-c4ccccc4F)nc4ncccc34)c2)CC1. The van der Waals surface area contributed by atoms with Crippen molar-refractivity contribution in [2.24, 2.45) is 4.99 Å². The van der Waals surface area contributed by atoms with Crippen molar-refractivity contribution in [2.45, 2.75) is 12.3 Å². The van der Waals surface area contributed by atoms with Gasteiger partial charge in [0, 0.05) is 80.3 Å². The van der Waals surface area contributed by atoms with Crippen molar-refractivity contribution in [3.05, 3.63) is 78.5 Å². The highest BCUT2D eigenvalue weighted by Crippen LogP contribution is 2.32. The summed E-state index contributed by atoms with van der Waals surface area (Å²) < 4.78 is 14.6. The van der Waals surface area contributed by atoms with E-state index in [1.807, 2.05) is 30.5 Å². The van der Waals surface area contributed by atoms with Gasteiger partial charge in [-0.1, -0.05) is 12.1 Å². The third kappa shape index (κ3) is 5.98. The molecule has 1 unspecified atom stereocenters. The molecule has 1 aliphatic rings. The number of hydrogen-bond donors (Lipinski definition) is 1. The molecule has 1 aromatic carbocycles. The van der Waals surface area contributed by atoms with E-state index in [-0.39, 0.29) is 11.7 Å². The predicted molar refractivity (Wildman–Crippen MR) is 152 cm³/mol. The van der Waals surface area contributed by atoms with E-state index in [4.69, 9.17) is 5.41 Å². The number of benzene rings is 1. The lowest BCUT2D eigenvalue weighted by Gasteiger charge is -2.32. The zero-order chi connectivity index (χ0) is 26.3. The van der Waals surface area contributed by atoms with Crippen LogP contribution < -0.4 is 0 Å². The molecule has 5 rings (SSSR count). The molecule has 1 fully saturated rings. The molecular weight excluding hydrogens is 477 g/mol. The van der Waals surface area contributed by atoms with Gasteiger partial charge >= 0.3 is 0 Å². The maximum absolute atomic E-state index is 14.6. The van der Waals surface area contributed by atoms with E-state index >= 15 is 0 Å². The Labute approximate surface area is 222 Å². The molecule has 3 aromatic heterocycles. The second-order valence-electron chi connectivity index (χ2n) is 9.66. The first-order valence-electron chi connectivity index (χ1n) is 13.0. The molecule has 0 radical (unpaired) electrons. The van der Waals surface area contributed by atoms with Gasteiger partial charge in [0.1, 0.15) is 5.82 Å². The number of piperazine rings is 1. The molecule has 4 heterocycles. The molecule has 0 amide bonds. The molecule has 0 spiro atoms. The summed E-state index contributed by atoms with van der Waals surface area (Å²) in [4.78, 5) is 23.0. The normalized spacial score (nSPS) is 15.7. The summed E-state index contributed by atoms with van der Waals surface area (Å²) >= 11 is 0. The van der Waals surface area contributed by atoms with Gasteiger partial charge < -0.3 is 15.2 Å². The van der Waals surface area contributed by atoms with Gasteiger partial charge in [0.05, 0.1) is 11.6 Å². The number of likely N-dealkylation sites (N-methyl/N-ethyl adjacent to an activating group) is 1. The number of rotatable bonds is 9. The van der Waals surface area contributed by atoms with Crippen molar-refractivity contribution < 1.29 is 4.39 Å². The number of aromatic nitrogens is 3. The molecular formula is C30H32FN7. The van der Waals surface area contributed by atoms with Gasteiger partial charge in [-0.25, -0.2) is 14.4 Å². The molecule has 38 heavy (non-hydrogen) atoms. The first-order chi connectivity index (χ1) is 18.6. The lowest BCUT2D eigenvalue weighted by atomic mass is 9.96. The average molecular weight is 510 g/mol. The summed E-state index contributed by atoms with van der Waals surface area (Å²) in [6.45, 7) is 6.24. The Hall–Kier alpha value is -3.88. The van der Waals surface area contributed by atoms with E-state index in [9.17, 15) is 4.39 Å². The highest BCUT2D eigenvalue weighted by atomic mass is 19.1. The number of nitrogens with one attached hydrogen (secondary N) is 1. The molecule has 0 saturated carbocycles. The van der Waals surface area contributed by atoms with Crippen molar-refractivity contribution in [3.63, 3.8) is 0 Å². The van der Waals surface area contributed by atoms with E-state index in [1.165, 1.54) is 12.3 Å². The summed E-state index contributed by atoms with van der Waals surface area (Å²) in [5.74, 6) is -0.607. The summed E-state index contributed by atoms with van der Waals surface area (Å²) in [5.41, 5.74) is 4.08. The van der Waals surface area contributed by atoms with Crippen LogP contribution in [0.2, 0.25) is 0 Å². The van der Waals surface area contributed by atoms with Crippen molar-refractivity contribution in [1.82, 2.24) is 24.8 Å². The van der Waals surface area contributed by atoms with Crippen LogP contribution in [-0.4, -0.2) is 83.5 Å². The van der Waals surface area contributed by atoms with Crippen LogP contribution in [0.4, 0.5) is 4.39 Å². The fourth-order valence-corrected chi connectivity index (χ4v) is 4.76. The third-order valence-electron chi connectivity index (χ3n) is 6.99. The number of hydrogen-bond acceptors (Lipinski definition) is 7. The minimum absolute atomic E-state index is 0.275. The van der Waals surface area contributed by atoms with Gasteiger partial charge in [-0.15, -0.1) is 0 Å². The van der Waals surface area contributed by atoms with Crippen LogP contribution in [0.15, 0.2) is 72.1 Å². The van der Waals surface area contributed by atoms with Gasteiger partial charge in [-0.3, -0.25) is 9.98 Å². The van der Waals surface area contributed by atoms with Gasteiger partial charge in [-0.05, 0) is 67.5 Å². The minimum Gasteiger partial charge on any atom is -0.312 e. The van der Waals surface area contributed by atoms with E-state index in [0.29, 0.717) is 16.9 Å². The lowest BCUT2D eigenvalue weighted by molar-refractivity contribution is 0.153. The van der Waals surface area contributed by atoms with Crippen molar-refractivity contribution in [1.29, 1.82) is 5.41 Å². The van der Waals surface area contributed by atoms with Gasteiger partial charge in [0.15, 0.2) is 5.65 Å². The molecule has 1 aliphatic heterocycles. The van der Waals surface area contributed by atoms with Crippen LogP contribution >= 0.6 is 0 Å². The first-order valence-corrected chi connectivity index (χ1v) is 13.0. The van der Waals surface area contributed by atoms with Gasteiger partial charge in [0.25, 0.3) is 0 Å². The van der Waals surface area contributed by atoms with Crippen molar-refractivity contribution in [2.75, 3.05) is 46.3 Å². The highest BCUT2D eigenvalue weighted by molar-refractivity contribution is 5.95. The number of nitrogens with zero attached hydrogens (tertiary/aromatic N) is 6. The molecule has 194 valence electrons. The Bertz CT molecular complexity index is 1430. The number of pyridine rings is 3. The number of aliphatic imine (C=N–C) groups is 1. The zero-order valence-electron chi connectivity index (χ0n) is 21.6. The van der Waals surface area contributed by atoms with E-state index in [2.05, 4.69) is 36.8 Å². The molecule has 1 N–H and O–H groups in total. The monoisotopic (exact) mass is 509 g/mol. The zero-order valence-corrected chi connectivity index (χ0v) is 21.6. The maximum Gasteiger partial charge on any atom is 0.160 e. The highest BCUT2D eigenvalue weighted by Gasteiger charge is 2.15. The molecule has 7 nitrogen and oxygen atoms in total. The molecule has 0 bridgehead atoms. The predicted octanol–water partition coefficient (Wildman–Crippen LogP) is 4.94. The molecule has 1 saturated heterocycles. The Morgan fingerprint density at radius 2 is 1.89 bits per heavy atom. The fourth-order valence-electron chi connectivity index (χ4n) is 4.76. The molecule has 8 heteroatoms. The summed E-state index contributed by atoms with van der Waals surface area (Å²) in [6.07, 6.45) is 9.47. The van der Waals surface area contributed by atoms with E-state index < -0.39 is 0 Å². The number of fused-ring (bicyclic) bond motifs is 1. The standard InChI is InChI=1S/C30H32FN7/c1-37-12-14-38(15-13-37)11-5-9-33-21-24(18-32)22-16-23(20-34-19-22)27-17-29(26-6-2-3-8-28(26)31)36-30-25(27)7-4-10-35-30/h2-4,6-8,10,16-21,24,32H,5,9,11-15H2,1H3. The van der Waals surface area contributed by atoms with Crippen LogP contribution in [0, 0.1) is 11.2 Å². The average Bonchev–Trinajstić information content (AvgIpc) is 2.95. The second kappa shape index (κ2) is 12.1. The minimum atomic E-state index is -0.333. The summed E-state index contributed by atoms with van der Waals surface area (Å²) in [7, 11) is 2.17. The quantitative estimate of drug-likeness (QED) is 0.255. The van der Waals surface area contributed by atoms with Crippen LogP contribution in [0.5, 0.6) is 0 Å². The van der Waals surface area contributed by atoms with Crippen molar-refractivity contribution >= 4 is 23.5 Å². The van der Waals surface area contributed by atoms with E-state index in [0.717, 1.165) is 67.8 Å². The molecule has 4 aromatic rings. The summed E-state index contributed by atoms with van der Waals surface area (Å²) in [5, 5.41) is 8.87. The van der Waals surface area contributed by atoms with Gasteiger partial charge in [0.2, 0.25) is 0 Å². The lowest BCUT2D eigenvalue weighted by Crippen LogP contribution is -2.44. The Morgan fingerprint density at radius 3 is 2.71 bits per heavy atom. The first kappa shape index (κ1) is 25.8. The summed E-state index contributed by atoms with van der Waals surface area (Å²) in [6, 6.07) is 14.3. The Balaban J connectivity index is 1.37. The second-order valence-corrected chi connectivity index (χ2v) is 9.66. The Morgan fingerprint density at radius 1 is 1.05 bits per heavy atom. The van der Waals surface area contributed by atoms with Crippen LogP contribution in [-0.2, 0) is 0 Å². The number of halogens is 1. The molecule has 1 atom stereocenters. The fraction of sp³-hybridized carbons (Fsp3) is 0.300. The van der Waals surface area contributed by atoms with Crippen molar-refractivity contribution in [3.8, 4) is 22.4 Å². The topological polar surface area (TPSA) is 81.4 Å². The third-order valence-corrected chi connectivity index (χ3v) is 6.99.